The van der Waals surface area contributed by atoms with Gasteiger partial charge in [-0.2, -0.15) is 0 Å². The number of nitrogens with one attached hydrogen (secondary N) is 2. The van der Waals surface area contributed by atoms with Gasteiger partial charge in [0.25, 0.3) is 0 Å². The number of rotatable bonds is 21. The van der Waals surface area contributed by atoms with Crippen molar-refractivity contribution < 1.29 is 33.4 Å². The molecule has 0 rings (SSSR count). The fourth-order valence-electron chi connectivity index (χ4n) is 3.57. The van der Waals surface area contributed by atoms with Gasteiger partial charge in [0.15, 0.2) is 11.8 Å². The van der Waals surface area contributed by atoms with Gasteiger partial charge in [0.2, 0.25) is 11.8 Å². The number of hydrogen-bond acceptors (Lipinski definition) is 7. The minimum Gasteiger partial charge on any atom is -0.465 e. The normalized spacial score (nSPS) is 10.9. The third-order valence-electron chi connectivity index (χ3n) is 5.51. The third-order valence-corrected chi connectivity index (χ3v) is 5.51. The molecule has 2 amide bonds. The minimum atomic E-state index is -1.15. The van der Waals surface area contributed by atoms with Crippen LogP contribution in [0.5, 0.6) is 0 Å². The van der Waals surface area contributed by atoms with E-state index in [9.17, 15) is 24.0 Å². The van der Waals surface area contributed by atoms with Gasteiger partial charge in [-0.1, -0.05) is 84.0 Å². The molecule has 0 aromatic rings. The third kappa shape index (κ3) is 26.4. The predicted molar refractivity (Wildman–Crippen MR) is 145 cm³/mol. The van der Waals surface area contributed by atoms with Crippen LogP contribution in [0.4, 0.5) is 0 Å². The average Bonchev–Trinajstić information content (AvgIpc) is 2.84. The Labute approximate surface area is 224 Å². The van der Waals surface area contributed by atoms with Crippen LogP contribution in [0.3, 0.4) is 0 Å². The SMILES string of the molecule is CCCCCCCCCCCCCCCC(=O)C(NC(C)=O)C(=O)OCC.CCOC(=O)CNC(C)=O. The standard InChI is InChI=1S/C22H41NO4.C6H11NO3/c1-4-6-7-8-9-10-11-12-13-14-15-16-17-18-20(25)21(23-19(3)24)22(26)27-5-2;1-3-10-6(9)4-7-5(2)8/h21H,4-18H2,1-3H3,(H,23,24);3-4H2,1-2H3,(H,7,8). The molecule has 0 aliphatic carbocycles. The van der Waals surface area contributed by atoms with E-state index in [4.69, 9.17) is 4.74 Å². The molecule has 0 saturated carbocycles. The summed E-state index contributed by atoms with van der Waals surface area (Å²) in [5.74, 6) is -1.95. The van der Waals surface area contributed by atoms with E-state index in [0.29, 0.717) is 13.0 Å². The fourth-order valence-corrected chi connectivity index (χ4v) is 3.57. The van der Waals surface area contributed by atoms with E-state index in [0.717, 1.165) is 19.3 Å². The lowest BCUT2D eigenvalue weighted by Gasteiger charge is -2.15. The highest BCUT2D eigenvalue weighted by Crippen LogP contribution is 2.13. The Morgan fingerprint density at radius 1 is 0.622 bits per heavy atom. The van der Waals surface area contributed by atoms with Gasteiger partial charge in [0.1, 0.15) is 6.54 Å². The first-order valence-corrected chi connectivity index (χ1v) is 14.1. The number of ether oxygens (including phenoxy) is 2. The summed E-state index contributed by atoms with van der Waals surface area (Å²) in [6.45, 7) is 8.79. The molecule has 0 saturated heterocycles. The summed E-state index contributed by atoms with van der Waals surface area (Å²) in [4.78, 5) is 55.9. The quantitative estimate of drug-likeness (QED) is 0.124. The second kappa shape index (κ2) is 26.6. The second-order valence-corrected chi connectivity index (χ2v) is 9.06. The molecule has 37 heavy (non-hydrogen) atoms. The topological polar surface area (TPSA) is 128 Å². The van der Waals surface area contributed by atoms with Gasteiger partial charge in [0.05, 0.1) is 13.2 Å². The smallest absolute Gasteiger partial charge is 0.336 e. The first kappa shape index (κ1) is 36.7. The van der Waals surface area contributed by atoms with Crippen LogP contribution in [-0.4, -0.2) is 55.3 Å². The highest BCUT2D eigenvalue weighted by atomic mass is 16.5. The Hall–Kier alpha value is -2.45. The molecular weight excluding hydrogens is 476 g/mol. The van der Waals surface area contributed by atoms with Crippen molar-refractivity contribution in [3.63, 3.8) is 0 Å². The molecule has 0 aliphatic heterocycles. The van der Waals surface area contributed by atoms with Crippen LogP contribution in [0.15, 0.2) is 0 Å². The molecule has 216 valence electrons. The Balaban J connectivity index is 0. The van der Waals surface area contributed by atoms with Gasteiger partial charge in [-0.3, -0.25) is 19.2 Å². The molecule has 0 heterocycles. The highest BCUT2D eigenvalue weighted by molar-refractivity contribution is 6.05. The number of amides is 2. The van der Waals surface area contributed by atoms with E-state index in [2.05, 4.69) is 22.3 Å². The van der Waals surface area contributed by atoms with E-state index >= 15 is 0 Å². The predicted octanol–water partition coefficient (Wildman–Crippen LogP) is 4.79. The fraction of sp³-hybridized carbons (Fsp3) is 0.821. The van der Waals surface area contributed by atoms with Crippen molar-refractivity contribution in [2.75, 3.05) is 19.8 Å². The number of esters is 2. The number of carbonyl (C=O) groups is 5. The maximum absolute atomic E-state index is 12.2. The Morgan fingerprint density at radius 3 is 1.49 bits per heavy atom. The van der Waals surface area contributed by atoms with E-state index < -0.39 is 23.9 Å². The Kier molecular flexibility index (Phi) is 26.4. The highest BCUT2D eigenvalue weighted by Gasteiger charge is 2.27. The number of hydrogen-bond donors (Lipinski definition) is 2. The summed E-state index contributed by atoms with van der Waals surface area (Å²) >= 11 is 0. The molecular formula is C28H52N2O7. The zero-order valence-corrected chi connectivity index (χ0v) is 24.0. The summed E-state index contributed by atoms with van der Waals surface area (Å²) in [5.41, 5.74) is 0. The molecule has 2 N–H and O–H groups in total. The van der Waals surface area contributed by atoms with E-state index in [1.807, 2.05) is 0 Å². The lowest BCUT2D eigenvalue weighted by molar-refractivity contribution is -0.150. The molecule has 1 unspecified atom stereocenters. The summed E-state index contributed by atoms with van der Waals surface area (Å²) < 4.78 is 9.41. The molecule has 0 radical (unpaired) electrons. The van der Waals surface area contributed by atoms with E-state index in [-0.39, 0.29) is 24.8 Å². The number of unbranched alkanes of at least 4 members (excludes halogenated alkanes) is 12. The molecule has 9 nitrogen and oxygen atoms in total. The zero-order valence-electron chi connectivity index (χ0n) is 24.0. The van der Waals surface area contributed by atoms with Crippen LogP contribution < -0.4 is 10.6 Å². The van der Waals surface area contributed by atoms with Crippen LogP contribution in [0.25, 0.3) is 0 Å². The van der Waals surface area contributed by atoms with Crippen molar-refractivity contribution in [2.45, 2.75) is 131 Å². The van der Waals surface area contributed by atoms with Gasteiger partial charge in [-0.05, 0) is 20.3 Å². The number of Topliss-reactive ketones (excluding diaryl/α,β-unsaturated/α-hetero) is 1. The Morgan fingerprint density at radius 2 is 1.08 bits per heavy atom. The maximum atomic E-state index is 12.2. The van der Waals surface area contributed by atoms with Crippen LogP contribution in [0.1, 0.15) is 125 Å². The molecule has 9 heteroatoms. The van der Waals surface area contributed by atoms with Crippen LogP contribution in [0, 0.1) is 0 Å². The zero-order chi connectivity index (χ0) is 28.3. The summed E-state index contributed by atoms with van der Waals surface area (Å²) in [6, 6.07) is -1.15. The second-order valence-electron chi connectivity index (χ2n) is 9.06. The minimum absolute atomic E-state index is 0.0385. The monoisotopic (exact) mass is 528 g/mol. The van der Waals surface area contributed by atoms with Crippen molar-refractivity contribution in [1.82, 2.24) is 10.6 Å². The molecule has 0 aliphatic rings. The van der Waals surface area contributed by atoms with Gasteiger partial charge in [0, 0.05) is 20.3 Å². The summed E-state index contributed by atoms with van der Waals surface area (Å²) in [5, 5.41) is 4.71. The number of ketones is 1. The first-order chi connectivity index (χ1) is 17.7. The van der Waals surface area contributed by atoms with Crippen LogP contribution in [0.2, 0.25) is 0 Å². The summed E-state index contributed by atoms with van der Waals surface area (Å²) in [6.07, 6.45) is 16.5. The maximum Gasteiger partial charge on any atom is 0.336 e. The van der Waals surface area contributed by atoms with Gasteiger partial charge in [-0.15, -0.1) is 0 Å². The molecule has 1 atom stereocenters. The number of carbonyl (C=O) groups excluding carboxylic acids is 5. The van der Waals surface area contributed by atoms with Crippen LogP contribution >= 0.6 is 0 Å². The summed E-state index contributed by atoms with van der Waals surface area (Å²) in [7, 11) is 0. The molecule has 0 fully saturated rings. The lowest BCUT2D eigenvalue weighted by atomic mass is 10.0. The molecule has 0 aromatic carbocycles. The lowest BCUT2D eigenvalue weighted by Crippen LogP contribution is -2.46. The van der Waals surface area contributed by atoms with Crippen molar-refractivity contribution >= 4 is 29.5 Å². The van der Waals surface area contributed by atoms with Crippen molar-refractivity contribution in [3.05, 3.63) is 0 Å². The molecule has 0 spiro atoms. The van der Waals surface area contributed by atoms with Crippen molar-refractivity contribution in [2.24, 2.45) is 0 Å². The van der Waals surface area contributed by atoms with Crippen molar-refractivity contribution in [3.8, 4) is 0 Å². The van der Waals surface area contributed by atoms with Gasteiger partial charge >= 0.3 is 11.9 Å². The molecule has 0 aromatic heterocycles. The molecule has 0 bridgehead atoms. The van der Waals surface area contributed by atoms with E-state index in [1.54, 1.807) is 13.8 Å². The average molecular weight is 529 g/mol. The van der Waals surface area contributed by atoms with Gasteiger partial charge in [-0.25, -0.2) is 4.79 Å². The first-order valence-electron chi connectivity index (χ1n) is 14.1. The van der Waals surface area contributed by atoms with Crippen molar-refractivity contribution in [1.29, 1.82) is 0 Å². The van der Waals surface area contributed by atoms with Gasteiger partial charge < -0.3 is 20.1 Å². The van der Waals surface area contributed by atoms with Crippen LogP contribution in [-0.2, 0) is 33.4 Å². The Bertz CT molecular complexity index is 638. The van der Waals surface area contributed by atoms with E-state index in [1.165, 1.54) is 78.1 Å². The largest absolute Gasteiger partial charge is 0.465 e.